The fourth-order valence-corrected chi connectivity index (χ4v) is 2.60. The van der Waals surface area contributed by atoms with E-state index in [0.717, 1.165) is 12.8 Å². The SMILES string of the molecule is Cl.NC1CCN(C(=O)c2ccn(-c3cccc([N+](=O)[O-])c3)n2)CC1. The quantitative estimate of drug-likeness (QED) is 0.669. The third-order valence-corrected chi connectivity index (χ3v) is 3.94. The van der Waals surface area contributed by atoms with Crippen LogP contribution in [0.25, 0.3) is 5.69 Å². The van der Waals surface area contributed by atoms with Gasteiger partial charge in [0.15, 0.2) is 5.69 Å². The maximum atomic E-state index is 12.4. The summed E-state index contributed by atoms with van der Waals surface area (Å²) in [4.78, 5) is 24.5. The summed E-state index contributed by atoms with van der Waals surface area (Å²) >= 11 is 0. The second-order valence-electron chi connectivity index (χ2n) is 5.55. The van der Waals surface area contributed by atoms with Crippen LogP contribution in [0.3, 0.4) is 0 Å². The number of nitrogens with two attached hydrogens (primary N) is 1. The van der Waals surface area contributed by atoms with Gasteiger partial charge < -0.3 is 10.6 Å². The lowest BCUT2D eigenvalue weighted by molar-refractivity contribution is -0.384. The second kappa shape index (κ2) is 7.41. The first kappa shape index (κ1) is 17.9. The maximum Gasteiger partial charge on any atom is 0.274 e. The first-order chi connectivity index (χ1) is 11.0. The monoisotopic (exact) mass is 351 g/mol. The Kier molecular flexibility index (Phi) is 5.53. The van der Waals surface area contributed by atoms with Gasteiger partial charge in [-0.2, -0.15) is 5.10 Å². The topological polar surface area (TPSA) is 107 Å². The van der Waals surface area contributed by atoms with Gasteiger partial charge in [0.25, 0.3) is 11.6 Å². The van der Waals surface area contributed by atoms with Crippen molar-refractivity contribution in [1.82, 2.24) is 14.7 Å². The molecule has 1 aliphatic rings. The minimum atomic E-state index is -0.462. The highest BCUT2D eigenvalue weighted by molar-refractivity contribution is 5.92. The van der Waals surface area contributed by atoms with E-state index in [4.69, 9.17) is 5.73 Å². The van der Waals surface area contributed by atoms with Crippen molar-refractivity contribution in [3.8, 4) is 5.69 Å². The fraction of sp³-hybridized carbons (Fsp3) is 0.333. The molecule has 0 saturated carbocycles. The van der Waals surface area contributed by atoms with Gasteiger partial charge in [0.1, 0.15) is 0 Å². The molecule has 1 saturated heterocycles. The third kappa shape index (κ3) is 3.72. The summed E-state index contributed by atoms with van der Waals surface area (Å²) < 4.78 is 1.47. The number of likely N-dealkylation sites (tertiary alicyclic amines) is 1. The highest BCUT2D eigenvalue weighted by Gasteiger charge is 2.23. The average molecular weight is 352 g/mol. The summed E-state index contributed by atoms with van der Waals surface area (Å²) in [6, 6.07) is 7.89. The van der Waals surface area contributed by atoms with E-state index >= 15 is 0 Å². The van der Waals surface area contributed by atoms with E-state index in [1.807, 2.05) is 0 Å². The van der Waals surface area contributed by atoms with Crippen LogP contribution in [-0.2, 0) is 0 Å². The first-order valence-corrected chi connectivity index (χ1v) is 7.40. The summed E-state index contributed by atoms with van der Waals surface area (Å²) in [5.41, 5.74) is 6.69. The fourth-order valence-electron chi connectivity index (χ4n) is 2.60. The highest BCUT2D eigenvalue weighted by atomic mass is 35.5. The summed E-state index contributed by atoms with van der Waals surface area (Å²) in [5.74, 6) is -0.138. The van der Waals surface area contributed by atoms with Crippen molar-refractivity contribution < 1.29 is 9.72 Å². The third-order valence-electron chi connectivity index (χ3n) is 3.94. The largest absolute Gasteiger partial charge is 0.337 e. The highest BCUT2D eigenvalue weighted by Crippen LogP contribution is 2.17. The van der Waals surface area contributed by atoms with Gasteiger partial charge in [-0.25, -0.2) is 4.68 Å². The van der Waals surface area contributed by atoms with Crippen LogP contribution < -0.4 is 5.73 Å². The van der Waals surface area contributed by atoms with Crippen LogP contribution in [0, 0.1) is 10.1 Å². The minimum absolute atomic E-state index is 0. The number of nitro benzene ring substituents is 1. The molecule has 2 aromatic rings. The number of nitro groups is 1. The number of carbonyl (C=O) groups excluding carboxylic acids is 1. The van der Waals surface area contributed by atoms with Gasteiger partial charge in [-0.05, 0) is 25.0 Å². The number of aromatic nitrogens is 2. The van der Waals surface area contributed by atoms with E-state index in [1.54, 1.807) is 29.3 Å². The summed E-state index contributed by atoms with van der Waals surface area (Å²) in [6.45, 7) is 1.26. The van der Waals surface area contributed by atoms with Crippen molar-refractivity contribution in [1.29, 1.82) is 0 Å². The summed E-state index contributed by atoms with van der Waals surface area (Å²) in [5, 5.41) is 15.1. The number of hydrogen-bond donors (Lipinski definition) is 1. The summed E-state index contributed by atoms with van der Waals surface area (Å²) in [6.07, 6.45) is 3.20. The lowest BCUT2D eigenvalue weighted by Gasteiger charge is -2.29. The number of non-ortho nitro benzene ring substituents is 1. The van der Waals surface area contributed by atoms with Crippen molar-refractivity contribution >= 4 is 24.0 Å². The Morgan fingerprint density at radius 1 is 1.29 bits per heavy atom. The standard InChI is InChI=1S/C15H17N5O3.ClH/c16-11-4-7-18(8-5-11)15(21)14-6-9-19(17-14)12-2-1-3-13(10-12)20(22)23;/h1-3,6,9-11H,4-5,7-8,16H2;1H. The zero-order chi connectivity index (χ0) is 16.4. The molecular weight excluding hydrogens is 334 g/mol. The molecule has 1 amide bonds. The molecule has 1 aromatic heterocycles. The van der Waals surface area contributed by atoms with Gasteiger partial charge >= 0.3 is 0 Å². The predicted octanol–water partition coefficient (Wildman–Crippen LogP) is 1.77. The van der Waals surface area contributed by atoms with Crippen LogP contribution >= 0.6 is 12.4 Å². The Bertz CT molecular complexity index is 740. The molecule has 0 aliphatic carbocycles. The predicted molar refractivity (Wildman–Crippen MR) is 90.6 cm³/mol. The number of halogens is 1. The van der Waals surface area contributed by atoms with Gasteiger partial charge in [-0.3, -0.25) is 14.9 Å². The first-order valence-electron chi connectivity index (χ1n) is 7.40. The molecule has 24 heavy (non-hydrogen) atoms. The summed E-state index contributed by atoms with van der Waals surface area (Å²) in [7, 11) is 0. The lowest BCUT2D eigenvalue weighted by atomic mass is 10.1. The van der Waals surface area contributed by atoms with Gasteiger partial charge in [-0.1, -0.05) is 6.07 Å². The molecular formula is C15H18ClN5O3. The Labute approximate surface area is 144 Å². The van der Waals surface area contributed by atoms with Crippen LogP contribution in [0.4, 0.5) is 5.69 Å². The molecule has 0 bridgehead atoms. The van der Waals surface area contributed by atoms with Crippen molar-refractivity contribution in [3.05, 3.63) is 52.3 Å². The average Bonchev–Trinajstić information content (AvgIpc) is 3.05. The van der Waals surface area contributed by atoms with Crippen LogP contribution in [0.5, 0.6) is 0 Å². The maximum absolute atomic E-state index is 12.4. The number of piperidine rings is 1. The number of rotatable bonds is 3. The van der Waals surface area contributed by atoms with Crippen LogP contribution in [0.2, 0.25) is 0 Å². The number of nitrogens with zero attached hydrogens (tertiary/aromatic N) is 4. The molecule has 3 rings (SSSR count). The molecule has 128 valence electrons. The van der Waals surface area contributed by atoms with Gasteiger partial charge in [0, 0.05) is 37.5 Å². The number of hydrogen-bond acceptors (Lipinski definition) is 5. The minimum Gasteiger partial charge on any atom is -0.337 e. The molecule has 0 spiro atoms. The lowest BCUT2D eigenvalue weighted by Crippen LogP contribution is -2.43. The Morgan fingerprint density at radius 3 is 2.67 bits per heavy atom. The van der Waals surface area contributed by atoms with Crippen molar-refractivity contribution in [3.63, 3.8) is 0 Å². The molecule has 8 nitrogen and oxygen atoms in total. The molecule has 2 heterocycles. The molecule has 0 atom stereocenters. The number of benzene rings is 1. The van der Waals surface area contributed by atoms with E-state index in [2.05, 4.69) is 5.10 Å². The van der Waals surface area contributed by atoms with Crippen LogP contribution in [0.15, 0.2) is 36.5 Å². The van der Waals surface area contributed by atoms with Gasteiger partial charge in [-0.15, -0.1) is 12.4 Å². The Hall–Kier alpha value is -2.45. The van der Waals surface area contributed by atoms with E-state index in [-0.39, 0.29) is 30.0 Å². The molecule has 2 N–H and O–H groups in total. The van der Waals surface area contributed by atoms with E-state index in [1.165, 1.54) is 16.8 Å². The zero-order valence-corrected chi connectivity index (χ0v) is 13.7. The Balaban J connectivity index is 0.00000208. The molecule has 9 heteroatoms. The molecule has 0 unspecified atom stereocenters. The van der Waals surface area contributed by atoms with Crippen molar-refractivity contribution in [2.45, 2.75) is 18.9 Å². The molecule has 1 aromatic carbocycles. The Morgan fingerprint density at radius 2 is 2.00 bits per heavy atom. The van der Waals surface area contributed by atoms with Crippen molar-refractivity contribution in [2.24, 2.45) is 5.73 Å². The smallest absolute Gasteiger partial charge is 0.274 e. The van der Waals surface area contributed by atoms with Crippen LogP contribution in [-0.4, -0.2) is 44.6 Å². The number of carbonyl (C=O) groups is 1. The zero-order valence-electron chi connectivity index (χ0n) is 12.9. The van der Waals surface area contributed by atoms with E-state index < -0.39 is 4.92 Å². The van der Waals surface area contributed by atoms with Crippen LogP contribution in [0.1, 0.15) is 23.3 Å². The van der Waals surface area contributed by atoms with Gasteiger partial charge in [0.05, 0.1) is 10.6 Å². The molecule has 1 fully saturated rings. The van der Waals surface area contributed by atoms with E-state index in [0.29, 0.717) is 24.5 Å². The van der Waals surface area contributed by atoms with E-state index in [9.17, 15) is 14.9 Å². The molecule has 1 aliphatic heterocycles. The van der Waals surface area contributed by atoms with Crippen molar-refractivity contribution in [2.75, 3.05) is 13.1 Å². The van der Waals surface area contributed by atoms with Gasteiger partial charge in [0.2, 0.25) is 0 Å². The normalized spacial score (nSPS) is 15.0. The number of amides is 1. The molecule has 0 radical (unpaired) electrons. The second-order valence-corrected chi connectivity index (χ2v) is 5.55.